The molecule has 8 nitrogen and oxygen atoms in total. The van der Waals surface area contributed by atoms with Gasteiger partial charge >= 0.3 is 12.6 Å². The number of halogens is 3. The van der Waals surface area contributed by atoms with E-state index in [2.05, 4.69) is 25.0 Å². The average molecular weight is 405 g/mol. The third kappa shape index (κ3) is 5.79. The number of rotatable bonds is 7. The van der Waals surface area contributed by atoms with Gasteiger partial charge in [-0.1, -0.05) is 6.07 Å². The Bertz CT molecular complexity index is 1000. The van der Waals surface area contributed by atoms with E-state index in [4.69, 9.17) is 10.5 Å². The van der Waals surface area contributed by atoms with Crippen LogP contribution < -0.4 is 15.8 Å². The molecule has 0 aliphatic carbocycles. The van der Waals surface area contributed by atoms with Gasteiger partial charge in [-0.2, -0.15) is 23.7 Å². The van der Waals surface area contributed by atoms with E-state index in [0.29, 0.717) is 5.69 Å². The second kappa shape index (κ2) is 8.87. The van der Waals surface area contributed by atoms with E-state index in [9.17, 15) is 18.0 Å². The Morgan fingerprint density at radius 3 is 2.59 bits per heavy atom. The van der Waals surface area contributed by atoms with Gasteiger partial charge in [0.05, 0.1) is 5.56 Å². The van der Waals surface area contributed by atoms with Gasteiger partial charge in [0.15, 0.2) is 12.4 Å². The van der Waals surface area contributed by atoms with Crippen LogP contribution in [0.25, 0.3) is 0 Å². The van der Waals surface area contributed by atoms with Crippen LogP contribution in [0.5, 0.6) is 5.75 Å². The van der Waals surface area contributed by atoms with Crippen LogP contribution in [0.1, 0.15) is 16.2 Å². The van der Waals surface area contributed by atoms with E-state index >= 15 is 0 Å². The lowest BCUT2D eigenvalue weighted by Crippen LogP contribution is -2.11. The molecule has 0 saturated heterocycles. The Morgan fingerprint density at radius 2 is 1.86 bits per heavy atom. The van der Waals surface area contributed by atoms with Crippen molar-refractivity contribution in [2.45, 2.75) is 13.2 Å². The maximum atomic E-state index is 13.0. The molecule has 0 saturated carbocycles. The van der Waals surface area contributed by atoms with Crippen molar-refractivity contribution >= 4 is 23.6 Å². The molecule has 1 heterocycles. The normalized spacial score (nSPS) is 10.6. The lowest BCUT2D eigenvalue weighted by atomic mass is 10.2. The molecule has 2 aromatic carbocycles. The number of hydrogen-bond acceptors (Lipinski definition) is 8. The average Bonchev–Trinajstić information content (AvgIpc) is 2.67. The number of nitrogens with zero attached hydrogens (tertiary/aromatic N) is 3. The van der Waals surface area contributed by atoms with E-state index in [1.165, 1.54) is 42.5 Å². The van der Waals surface area contributed by atoms with Crippen LogP contribution in [0.3, 0.4) is 0 Å². The van der Waals surface area contributed by atoms with Crippen molar-refractivity contribution in [3.8, 4) is 5.75 Å². The van der Waals surface area contributed by atoms with Gasteiger partial charge in [0.2, 0.25) is 11.9 Å². The number of carbonyl (C=O) groups is 1. The Labute approximate surface area is 162 Å². The molecule has 3 rings (SSSR count). The first-order valence-corrected chi connectivity index (χ1v) is 8.14. The van der Waals surface area contributed by atoms with Gasteiger partial charge in [-0.15, -0.1) is 0 Å². The molecule has 0 fully saturated rings. The number of anilines is 3. The number of benzene rings is 2. The minimum absolute atomic E-state index is 0.00911. The fraction of sp³-hybridized carbons (Fsp3) is 0.111. The number of carbonyl (C=O) groups excluding carboxylic acids is 1. The third-order valence-corrected chi connectivity index (χ3v) is 3.43. The number of nitrogens with two attached hydrogens (primary N) is 1. The summed E-state index contributed by atoms with van der Waals surface area (Å²) in [5, 5.41) is 2.82. The van der Waals surface area contributed by atoms with Gasteiger partial charge in [0, 0.05) is 5.69 Å². The molecule has 3 aromatic rings. The zero-order valence-corrected chi connectivity index (χ0v) is 14.7. The SMILES string of the molecule is Nc1nc(COC(=O)c2cccc(OC(F)F)c2)nc(Nc2ccc(F)cc2)n1. The second-order valence-corrected chi connectivity index (χ2v) is 5.55. The van der Waals surface area contributed by atoms with Gasteiger partial charge in [-0.3, -0.25) is 0 Å². The van der Waals surface area contributed by atoms with Gasteiger partial charge < -0.3 is 20.5 Å². The van der Waals surface area contributed by atoms with E-state index < -0.39 is 18.4 Å². The van der Waals surface area contributed by atoms with Crippen LogP contribution >= 0.6 is 0 Å². The smallest absolute Gasteiger partial charge is 0.387 e. The zero-order chi connectivity index (χ0) is 20.8. The quantitative estimate of drug-likeness (QED) is 0.576. The molecule has 0 aliphatic heterocycles. The minimum Gasteiger partial charge on any atom is -0.454 e. The lowest BCUT2D eigenvalue weighted by molar-refractivity contribution is -0.0499. The number of hydrogen-bond donors (Lipinski definition) is 2. The fourth-order valence-electron chi connectivity index (χ4n) is 2.23. The van der Waals surface area contributed by atoms with Crippen LogP contribution in [-0.2, 0) is 11.3 Å². The molecule has 0 amide bonds. The van der Waals surface area contributed by atoms with Crippen molar-refractivity contribution in [1.82, 2.24) is 15.0 Å². The zero-order valence-electron chi connectivity index (χ0n) is 14.7. The second-order valence-electron chi connectivity index (χ2n) is 5.55. The summed E-state index contributed by atoms with van der Waals surface area (Å²) in [6, 6.07) is 10.6. The van der Waals surface area contributed by atoms with Crippen molar-refractivity contribution in [3.63, 3.8) is 0 Å². The van der Waals surface area contributed by atoms with Crippen molar-refractivity contribution in [3.05, 3.63) is 65.7 Å². The van der Waals surface area contributed by atoms with Crippen molar-refractivity contribution < 1.29 is 27.4 Å². The molecule has 1 aromatic heterocycles. The maximum Gasteiger partial charge on any atom is 0.387 e. The number of esters is 1. The van der Waals surface area contributed by atoms with Crippen molar-refractivity contribution in [2.24, 2.45) is 0 Å². The fourth-order valence-corrected chi connectivity index (χ4v) is 2.23. The Kier molecular flexibility index (Phi) is 6.07. The van der Waals surface area contributed by atoms with Crippen LogP contribution in [-0.4, -0.2) is 27.5 Å². The summed E-state index contributed by atoms with van der Waals surface area (Å²) in [5.41, 5.74) is 6.15. The molecule has 0 bridgehead atoms. The van der Waals surface area contributed by atoms with E-state index in [0.717, 1.165) is 6.07 Å². The molecule has 0 aliphatic rings. The summed E-state index contributed by atoms with van der Waals surface area (Å²) in [6.45, 7) is -3.36. The van der Waals surface area contributed by atoms with E-state index in [-0.39, 0.29) is 35.6 Å². The highest BCUT2D eigenvalue weighted by atomic mass is 19.3. The Balaban J connectivity index is 1.66. The highest BCUT2D eigenvalue weighted by Crippen LogP contribution is 2.18. The number of nitrogen functional groups attached to an aromatic ring is 1. The highest BCUT2D eigenvalue weighted by molar-refractivity contribution is 5.89. The van der Waals surface area contributed by atoms with Gasteiger partial charge in [-0.05, 0) is 42.5 Å². The largest absolute Gasteiger partial charge is 0.454 e. The van der Waals surface area contributed by atoms with Crippen molar-refractivity contribution in [2.75, 3.05) is 11.1 Å². The molecular weight excluding hydrogens is 391 g/mol. The van der Waals surface area contributed by atoms with Gasteiger partial charge in [0.1, 0.15) is 11.6 Å². The number of ether oxygens (including phenoxy) is 2. The molecule has 0 atom stereocenters. The first kappa shape index (κ1) is 19.9. The summed E-state index contributed by atoms with van der Waals surface area (Å²) >= 11 is 0. The topological polar surface area (TPSA) is 112 Å². The van der Waals surface area contributed by atoms with Gasteiger partial charge in [0.25, 0.3) is 0 Å². The number of aromatic nitrogens is 3. The molecule has 150 valence electrons. The molecule has 0 unspecified atom stereocenters. The monoisotopic (exact) mass is 405 g/mol. The lowest BCUT2D eigenvalue weighted by Gasteiger charge is -2.09. The van der Waals surface area contributed by atoms with Crippen LogP contribution in [0, 0.1) is 5.82 Å². The summed E-state index contributed by atoms with van der Waals surface area (Å²) in [6.07, 6.45) is 0. The first-order chi connectivity index (χ1) is 13.9. The summed E-state index contributed by atoms with van der Waals surface area (Å²) < 4.78 is 46.9. The summed E-state index contributed by atoms with van der Waals surface area (Å²) in [7, 11) is 0. The van der Waals surface area contributed by atoms with Crippen LogP contribution in [0.4, 0.5) is 30.8 Å². The molecule has 29 heavy (non-hydrogen) atoms. The van der Waals surface area contributed by atoms with Crippen LogP contribution in [0.15, 0.2) is 48.5 Å². The molecule has 11 heteroatoms. The summed E-state index contributed by atoms with van der Waals surface area (Å²) in [4.78, 5) is 24.0. The maximum absolute atomic E-state index is 13.0. The highest BCUT2D eigenvalue weighted by Gasteiger charge is 2.13. The Morgan fingerprint density at radius 1 is 1.10 bits per heavy atom. The van der Waals surface area contributed by atoms with Crippen LogP contribution in [0.2, 0.25) is 0 Å². The molecule has 3 N–H and O–H groups in total. The first-order valence-electron chi connectivity index (χ1n) is 8.14. The van der Waals surface area contributed by atoms with E-state index in [1.807, 2.05) is 0 Å². The van der Waals surface area contributed by atoms with E-state index in [1.54, 1.807) is 0 Å². The Hall–Kier alpha value is -3.89. The van der Waals surface area contributed by atoms with Gasteiger partial charge in [-0.25, -0.2) is 9.18 Å². The number of alkyl halides is 2. The molecule has 0 spiro atoms. The standard InChI is InChI=1S/C18H14F3N5O3/c19-11-4-6-12(7-5-11)23-18-25-14(24-17(22)26-18)9-28-15(27)10-2-1-3-13(8-10)29-16(20)21/h1-8,16H,9H2,(H3,22,23,24,25,26). The molecule has 0 radical (unpaired) electrons. The minimum atomic E-state index is -3.01. The van der Waals surface area contributed by atoms with Crippen molar-refractivity contribution in [1.29, 1.82) is 0 Å². The predicted octanol–water partition coefficient (Wildman–Crippen LogP) is 3.29. The summed E-state index contributed by atoms with van der Waals surface area (Å²) in [5.74, 6) is -1.37. The third-order valence-electron chi connectivity index (χ3n) is 3.43. The predicted molar refractivity (Wildman–Crippen MR) is 96.1 cm³/mol. The molecular formula is C18H14F3N5O3. The number of nitrogens with one attached hydrogen (secondary N) is 1.